The molecule has 70 heavy (non-hydrogen) atoms. The lowest BCUT2D eigenvalue weighted by molar-refractivity contribution is -0.946. The SMILES string of the molecule is N#Cc1ccc(OCCC[N+]23CCC(C(O)(c4ccccc4)c4ccccc4)(CC2)CC3)cc1.O=C(C[N+]12CCC(C(O)(c3ccccc3)c3ccccc3)(CC1)CC2)c1cc2ccccc2o1.[Br-].[Br-]. The Morgan fingerprint density at radius 3 is 1.39 bits per heavy atom. The van der Waals surface area contributed by atoms with Gasteiger partial charge in [0, 0.05) is 61.2 Å². The van der Waals surface area contributed by atoms with Gasteiger partial charge in [0.25, 0.3) is 5.78 Å². The number of piperidine rings is 6. The molecule has 0 atom stereocenters. The highest BCUT2D eigenvalue weighted by Gasteiger charge is 2.62. The van der Waals surface area contributed by atoms with E-state index in [0.717, 1.165) is 139 Å². The summed E-state index contributed by atoms with van der Waals surface area (Å²) in [5.41, 5.74) is 2.98. The Balaban J connectivity index is 0.000000183. The molecule has 0 aliphatic carbocycles. The molecular formula is C60H63Br2N3O5. The molecule has 6 saturated heterocycles. The Bertz CT molecular complexity index is 2710. The number of nitrogens with zero attached hydrogens (tertiary/aromatic N) is 3. The maximum Gasteiger partial charge on any atom is 0.251 e. The first-order chi connectivity index (χ1) is 33.1. The number of nitriles is 1. The van der Waals surface area contributed by atoms with E-state index in [1.165, 1.54) is 0 Å². The summed E-state index contributed by atoms with van der Waals surface area (Å²) < 4.78 is 13.7. The van der Waals surface area contributed by atoms with Crippen molar-refractivity contribution >= 4 is 16.8 Å². The number of para-hydroxylation sites is 1. The van der Waals surface area contributed by atoms with Gasteiger partial charge in [-0.1, -0.05) is 140 Å². The van der Waals surface area contributed by atoms with Crippen LogP contribution < -0.4 is 38.7 Å². The first-order valence-corrected chi connectivity index (χ1v) is 24.6. The molecule has 0 saturated carbocycles. The lowest BCUT2D eigenvalue weighted by Crippen LogP contribution is -3.00. The molecule has 362 valence electrons. The standard InChI is InChI=1S/C30H33N2O2.C30H30NO3.2BrH/c31-24-25-12-14-28(15-13-25)34-23-7-19-32-20-16-29(17-21-32,18-22-32)30(33,26-8-3-1-4-9-26)27-10-5-2-6-11-27;32-26(28-21-23-9-7-8-14-27(23)34-28)22-31-18-15-29(16-19-31,17-20-31)30(33,24-10-3-1-4-11-24)25-12-5-2-6-13-25;;/h1-6,8-15,33H,7,16-23H2;1-14,21,33H,15-20,22H2;2*1H/q2*+1;;/p-2. The molecule has 7 aromatic rings. The van der Waals surface area contributed by atoms with Crippen molar-refractivity contribution in [3.63, 3.8) is 0 Å². The molecule has 0 spiro atoms. The third-order valence-electron chi connectivity index (χ3n) is 16.9. The molecule has 1 aromatic heterocycles. The van der Waals surface area contributed by atoms with Crippen molar-refractivity contribution in [3.8, 4) is 11.8 Å². The Kier molecular flexibility index (Phi) is 15.4. The highest BCUT2D eigenvalue weighted by molar-refractivity contribution is 5.98. The van der Waals surface area contributed by atoms with Crippen molar-refractivity contribution in [1.29, 1.82) is 5.26 Å². The molecule has 2 N–H and O–H groups in total. The third kappa shape index (κ3) is 9.45. The van der Waals surface area contributed by atoms with Crippen molar-refractivity contribution in [2.24, 2.45) is 10.8 Å². The fraction of sp³-hybridized carbons (Fsp3) is 0.333. The summed E-state index contributed by atoms with van der Waals surface area (Å²) in [5.74, 6) is 1.36. The number of quaternary nitrogens is 2. The molecule has 6 aliphatic heterocycles. The topological polar surface area (TPSA) is 104 Å². The number of ketones is 1. The number of carbonyl (C=O) groups excluding carboxylic acids is 1. The second kappa shape index (κ2) is 21.1. The lowest BCUT2D eigenvalue weighted by atomic mass is 9.56. The first-order valence-electron chi connectivity index (χ1n) is 24.6. The highest BCUT2D eigenvalue weighted by atomic mass is 79.9. The molecule has 0 unspecified atom stereocenters. The predicted molar refractivity (Wildman–Crippen MR) is 266 cm³/mol. The minimum Gasteiger partial charge on any atom is -1.00 e. The van der Waals surface area contributed by atoms with Crippen LogP contribution in [-0.4, -0.2) is 83.9 Å². The normalized spacial score (nSPS) is 23.4. The average molecular weight is 1070 g/mol. The van der Waals surface area contributed by atoms with Gasteiger partial charge in [0.15, 0.2) is 5.76 Å². The quantitative estimate of drug-likeness (QED) is 0.0921. The van der Waals surface area contributed by atoms with E-state index in [1.54, 1.807) is 12.1 Å². The molecule has 0 radical (unpaired) electrons. The zero-order valence-corrected chi connectivity index (χ0v) is 42.9. The van der Waals surface area contributed by atoms with Crippen molar-refractivity contribution < 1.29 is 67.1 Å². The van der Waals surface area contributed by atoms with Crippen LogP contribution in [0.2, 0.25) is 0 Å². The molecule has 6 aromatic carbocycles. The lowest BCUT2D eigenvalue weighted by Gasteiger charge is -2.60. The van der Waals surface area contributed by atoms with Crippen LogP contribution in [0.5, 0.6) is 5.75 Å². The number of hydrogen-bond acceptors (Lipinski definition) is 6. The largest absolute Gasteiger partial charge is 1.00 e. The second-order valence-electron chi connectivity index (χ2n) is 20.3. The maximum atomic E-state index is 13.2. The van der Waals surface area contributed by atoms with Crippen LogP contribution in [0.3, 0.4) is 0 Å². The third-order valence-corrected chi connectivity index (χ3v) is 16.9. The molecule has 8 nitrogen and oxygen atoms in total. The number of fused-ring (bicyclic) bond motifs is 7. The molecule has 4 bridgehead atoms. The van der Waals surface area contributed by atoms with Crippen LogP contribution in [0, 0.1) is 22.2 Å². The molecule has 13 rings (SSSR count). The van der Waals surface area contributed by atoms with Gasteiger partial charge in [-0.2, -0.15) is 5.26 Å². The molecule has 6 fully saturated rings. The summed E-state index contributed by atoms with van der Waals surface area (Å²) in [7, 11) is 0. The van der Waals surface area contributed by atoms with Gasteiger partial charge < -0.3 is 62.3 Å². The van der Waals surface area contributed by atoms with Gasteiger partial charge in [-0.05, 0) is 58.7 Å². The number of hydrogen-bond donors (Lipinski definition) is 2. The molecule has 7 heterocycles. The van der Waals surface area contributed by atoms with Crippen LogP contribution in [0.4, 0.5) is 0 Å². The van der Waals surface area contributed by atoms with E-state index in [0.29, 0.717) is 24.5 Å². The summed E-state index contributed by atoms with van der Waals surface area (Å²) in [5, 5.41) is 34.9. The van der Waals surface area contributed by atoms with Gasteiger partial charge >= 0.3 is 0 Å². The van der Waals surface area contributed by atoms with Crippen LogP contribution in [0.1, 0.15) is 83.3 Å². The van der Waals surface area contributed by atoms with E-state index >= 15 is 0 Å². The number of rotatable bonds is 14. The smallest absolute Gasteiger partial charge is 0.251 e. The van der Waals surface area contributed by atoms with Gasteiger partial charge in [0.1, 0.15) is 29.1 Å². The molecular weight excluding hydrogens is 1000 g/mol. The Hall–Kier alpha value is -5.38. The number of ether oxygens (including phenoxy) is 1. The maximum absolute atomic E-state index is 13.2. The monoisotopic (exact) mass is 1060 g/mol. The van der Waals surface area contributed by atoms with E-state index in [4.69, 9.17) is 14.4 Å². The van der Waals surface area contributed by atoms with Crippen molar-refractivity contribution in [3.05, 3.63) is 210 Å². The molecule has 0 amide bonds. The summed E-state index contributed by atoms with van der Waals surface area (Å²) in [4.78, 5) is 13.2. The van der Waals surface area contributed by atoms with E-state index in [-0.39, 0.29) is 50.6 Å². The average Bonchev–Trinajstić information content (AvgIpc) is 3.87. The van der Waals surface area contributed by atoms with Crippen molar-refractivity contribution in [1.82, 2.24) is 0 Å². The zero-order chi connectivity index (χ0) is 46.7. The number of aliphatic hydroxyl groups is 2. The Morgan fingerprint density at radius 2 is 0.971 bits per heavy atom. The van der Waals surface area contributed by atoms with Gasteiger partial charge in [-0.15, -0.1) is 0 Å². The summed E-state index contributed by atoms with van der Waals surface area (Å²) in [6.45, 7) is 8.29. The highest BCUT2D eigenvalue weighted by Crippen LogP contribution is 2.59. The minimum atomic E-state index is -1.05. The van der Waals surface area contributed by atoms with E-state index in [2.05, 4.69) is 54.6 Å². The fourth-order valence-corrected chi connectivity index (χ4v) is 12.8. The van der Waals surface area contributed by atoms with Crippen LogP contribution in [-0.2, 0) is 11.2 Å². The molecule has 10 heteroatoms. The Labute approximate surface area is 433 Å². The summed E-state index contributed by atoms with van der Waals surface area (Å²) in [6.07, 6.45) is 6.77. The number of benzene rings is 6. The van der Waals surface area contributed by atoms with Crippen LogP contribution in [0.25, 0.3) is 11.0 Å². The van der Waals surface area contributed by atoms with Crippen molar-refractivity contribution in [2.75, 3.05) is 59.0 Å². The Morgan fingerprint density at radius 1 is 0.571 bits per heavy atom. The van der Waals surface area contributed by atoms with Gasteiger partial charge in [0.2, 0.25) is 0 Å². The number of halogens is 2. The second-order valence-corrected chi connectivity index (χ2v) is 20.3. The van der Waals surface area contributed by atoms with Gasteiger partial charge in [-0.25, -0.2) is 0 Å². The number of carbonyl (C=O) groups is 1. The van der Waals surface area contributed by atoms with Crippen molar-refractivity contribution in [2.45, 2.75) is 56.1 Å². The number of Topliss-reactive ketones (excluding diaryl/α,β-unsaturated/α-hetero) is 1. The van der Waals surface area contributed by atoms with Gasteiger partial charge in [0.05, 0.1) is 64.1 Å². The van der Waals surface area contributed by atoms with Crippen LogP contribution in [0.15, 0.2) is 180 Å². The predicted octanol–water partition coefficient (Wildman–Crippen LogP) is 4.82. The summed E-state index contributed by atoms with van der Waals surface area (Å²) >= 11 is 0. The zero-order valence-electron chi connectivity index (χ0n) is 39.8. The van der Waals surface area contributed by atoms with Gasteiger partial charge in [-0.3, -0.25) is 4.79 Å². The molecule has 6 aliphatic rings. The van der Waals surface area contributed by atoms with E-state index < -0.39 is 11.2 Å². The fourth-order valence-electron chi connectivity index (χ4n) is 12.8. The summed E-state index contributed by atoms with van der Waals surface area (Å²) in [6, 6.07) is 60.0. The van der Waals surface area contributed by atoms with Crippen LogP contribution >= 0.6 is 0 Å². The first kappa shape index (κ1) is 51.0. The van der Waals surface area contributed by atoms with E-state index in [9.17, 15) is 15.0 Å². The number of furan rings is 1. The van der Waals surface area contributed by atoms with E-state index in [1.807, 2.05) is 115 Å². The minimum absolute atomic E-state index is 0.